The molecule has 0 saturated carbocycles. The van der Waals surface area contributed by atoms with E-state index in [1.54, 1.807) is 0 Å². The summed E-state index contributed by atoms with van der Waals surface area (Å²) >= 11 is 6.14. The number of fused-ring (bicyclic) bond motifs is 1. The predicted molar refractivity (Wildman–Crippen MR) is 62.4 cm³/mol. The van der Waals surface area contributed by atoms with E-state index in [4.69, 9.17) is 11.6 Å². The Labute approximate surface area is 89.9 Å². The third-order valence-electron chi connectivity index (χ3n) is 2.74. The summed E-state index contributed by atoms with van der Waals surface area (Å²) in [6, 6.07) is 6.53. The number of hydrogen-bond donors (Lipinski definition) is 1. The molecule has 1 aromatic carbocycles. The third kappa shape index (κ3) is 1.55. The molecule has 14 heavy (non-hydrogen) atoms. The van der Waals surface area contributed by atoms with E-state index in [-0.39, 0.29) is 0 Å². The van der Waals surface area contributed by atoms with E-state index >= 15 is 0 Å². The highest BCUT2D eigenvalue weighted by Crippen LogP contribution is 2.36. The van der Waals surface area contributed by atoms with Gasteiger partial charge in [0.1, 0.15) is 0 Å². The summed E-state index contributed by atoms with van der Waals surface area (Å²) in [6.07, 6.45) is 1.12. The van der Waals surface area contributed by atoms with Crippen molar-refractivity contribution in [2.45, 2.75) is 19.4 Å². The maximum Gasteiger partial charge on any atom is 0.0770 e. The van der Waals surface area contributed by atoms with Gasteiger partial charge in [0, 0.05) is 19.6 Å². The van der Waals surface area contributed by atoms with E-state index in [0.29, 0.717) is 6.04 Å². The molecule has 0 amide bonds. The van der Waals surface area contributed by atoms with Crippen molar-refractivity contribution in [1.29, 1.82) is 0 Å². The maximum absolute atomic E-state index is 6.14. The fourth-order valence-electron chi connectivity index (χ4n) is 1.88. The highest BCUT2D eigenvalue weighted by Gasteiger charge is 2.21. The van der Waals surface area contributed by atoms with Crippen LogP contribution < -0.4 is 10.2 Å². The first kappa shape index (κ1) is 9.66. The Morgan fingerprint density at radius 1 is 1.57 bits per heavy atom. The molecule has 1 heterocycles. The minimum atomic E-state index is 0.507. The lowest BCUT2D eigenvalue weighted by Gasteiger charge is -2.34. The molecule has 1 aromatic rings. The summed E-state index contributed by atoms with van der Waals surface area (Å²) in [5.74, 6) is 0. The lowest BCUT2D eigenvalue weighted by Crippen LogP contribution is -2.38. The van der Waals surface area contributed by atoms with E-state index in [9.17, 15) is 0 Å². The Balaban J connectivity index is 2.40. The second kappa shape index (κ2) is 3.70. The average molecular weight is 211 g/mol. The monoisotopic (exact) mass is 210 g/mol. The van der Waals surface area contributed by atoms with Crippen molar-refractivity contribution in [3.05, 3.63) is 23.2 Å². The average Bonchev–Trinajstić information content (AvgIpc) is 2.19. The van der Waals surface area contributed by atoms with Crippen molar-refractivity contribution in [1.82, 2.24) is 0 Å². The van der Waals surface area contributed by atoms with E-state index in [2.05, 4.69) is 30.3 Å². The number of nitrogens with zero attached hydrogens (tertiary/aromatic N) is 1. The Kier molecular flexibility index (Phi) is 2.55. The lowest BCUT2D eigenvalue weighted by atomic mass is 10.1. The van der Waals surface area contributed by atoms with Crippen LogP contribution in [0.5, 0.6) is 0 Å². The molecule has 0 radical (unpaired) electrons. The minimum Gasteiger partial charge on any atom is -0.378 e. The van der Waals surface area contributed by atoms with Gasteiger partial charge in [-0.15, -0.1) is 0 Å². The second-order valence-electron chi connectivity index (χ2n) is 3.76. The van der Waals surface area contributed by atoms with Crippen LogP contribution in [0, 0.1) is 0 Å². The van der Waals surface area contributed by atoms with E-state index in [0.717, 1.165) is 23.7 Å². The van der Waals surface area contributed by atoms with E-state index in [1.807, 2.05) is 12.1 Å². The molecule has 2 nitrogen and oxygen atoms in total. The van der Waals surface area contributed by atoms with E-state index < -0.39 is 0 Å². The molecule has 1 unspecified atom stereocenters. The number of rotatable bonds is 1. The smallest absolute Gasteiger partial charge is 0.0770 e. The van der Waals surface area contributed by atoms with Crippen LogP contribution in [0.4, 0.5) is 11.4 Å². The van der Waals surface area contributed by atoms with Crippen LogP contribution in [-0.2, 0) is 0 Å². The fourth-order valence-corrected chi connectivity index (χ4v) is 2.11. The van der Waals surface area contributed by atoms with Gasteiger partial charge in [-0.1, -0.05) is 24.6 Å². The number of anilines is 2. The highest BCUT2D eigenvalue weighted by molar-refractivity contribution is 6.34. The third-order valence-corrected chi connectivity index (χ3v) is 3.05. The number of benzene rings is 1. The largest absolute Gasteiger partial charge is 0.378 e. The van der Waals surface area contributed by atoms with Gasteiger partial charge in [0.15, 0.2) is 0 Å². The molecule has 1 aliphatic rings. The Bertz CT molecular complexity index is 338. The van der Waals surface area contributed by atoms with Gasteiger partial charge >= 0.3 is 0 Å². The van der Waals surface area contributed by atoms with Crippen molar-refractivity contribution in [3.63, 3.8) is 0 Å². The summed E-state index contributed by atoms with van der Waals surface area (Å²) in [7, 11) is 2.11. The number of nitrogens with one attached hydrogen (secondary N) is 1. The zero-order valence-electron chi connectivity index (χ0n) is 8.55. The van der Waals surface area contributed by atoms with Crippen LogP contribution in [0.15, 0.2) is 18.2 Å². The molecule has 0 bridgehead atoms. The van der Waals surface area contributed by atoms with Crippen LogP contribution in [-0.4, -0.2) is 19.6 Å². The van der Waals surface area contributed by atoms with Crippen LogP contribution in [0.25, 0.3) is 0 Å². The van der Waals surface area contributed by atoms with Crippen LogP contribution in [0.2, 0.25) is 5.02 Å². The summed E-state index contributed by atoms with van der Waals surface area (Å²) in [5.41, 5.74) is 2.27. The van der Waals surface area contributed by atoms with Crippen molar-refractivity contribution in [2.75, 3.05) is 23.8 Å². The van der Waals surface area contributed by atoms with Gasteiger partial charge < -0.3 is 10.2 Å². The topological polar surface area (TPSA) is 15.3 Å². The quantitative estimate of drug-likeness (QED) is 0.767. The maximum atomic E-state index is 6.14. The number of hydrogen-bond acceptors (Lipinski definition) is 2. The van der Waals surface area contributed by atoms with Gasteiger partial charge in [-0.2, -0.15) is 0 Å². The standard InChI is InChI=1S/C11H15ClN2/c1-3-8-7-14(2)10-6-4-5-9(12)11(10)13-8/h4-6,8,13H,3,7H2,1-2H3. The van der Waals surface area contributed by atoms with Crippen molar-refractivity contribution >= 4 is 23.0 Å². The fraction of sp³-hybridized carbons (Fsp3) is 0.455. The van der Waals surface area contributed by atoms with Gasteiger partial charge in [-0.3, -0.25) is 0 Å². The summed E-state index contributed by atoms with van der Waals surface area (Å²) in [4.78, 5) is 2.26. The van der Waals surface area contributed by atoms with E-state index in [1.165, 1.54) is 5.69 Å². The Morgan fingerprint density at radius 3 is 3.07 bits per heavy atom. The normalized spacial score (nSPS) is 20.2. The zero-order valence-corrected chi connectivity index (χ0v) is 9.30. The molecule has 0 aliphatic carbocycles. The lowest BCUT2D eigenvalue weighted by molar-refractivity contribution is 0.662. The predicted octanol–water partition coefficient (Wildman–Crippen LogP) is 2.98. The number of likely N-dealkylation sites (N-methyl/N-ethyl adjacent to an activating group) is 1. The highest BCUT2D eigenvalue weighted by atomic mass is 35.5. The van der Waals surface area contributed by atoms with Gasteiger partial charge in [0.25, 0.3) is 0 Å². The molecule has 1 N–H and O–H groups in total. The van der Waals surface area contributed by atoms with Crippen LogP contribution in [0.3, 0.4) is 0 Å². The van der Waals surface area contributed by atoms with Crippen molar-refractivity contribution in [3.8, 4) is 0 Å². The first-order valence-corrected chi connectivity index (χ1v) is 5.36. The number of halogens is 1. The van der Waals surface area contributed by atoms with Gasteiger partial charge in [-0.25, -0.2) is 0 Å². The van der Waals surface area contributed by atoms with Crippen molar-refractivity contribution in [2.24, 2.45) is 0 Å². The van der Waals surface area contributed by atoms with Gasteiger partial charge in [-0.05, 0) is 18.6 Å². The molecule has 76 valence electrons. The van der Waals surface area contributed by atoms with Gasteiger partial charge in [0.2, 0.25) is 0 Å². The molecule has 0 spiro atoms. The molecule has 0 aromatic heterocycles. The molecule has 2 rings (SSSR count). The molecule has 1 atom stereocenters. The first-order valence-electron chi connectivity index (χ1n) is 4.98. The molecule has 0 fully saturated rings. The second-order valence-corrected chi connectivity index (χ2v) is 4.17. The molecular formula is C11H15ClN2. The van der Waals surface area contributed by atoms with Gasteiger partial charge in [0.05, 0.1) is 16.4 Å². The Hall–Kier alpha value is -0.890. The Morgan fingerprint density at radius 2 is 2.36 bits per heavy atom. The molecule has 0 saturated heterocycles. The zero-order chi connectivity index (χ0) is 10.1. The molecule has 1 aliphatic heterocycles. The number of para-hydroxylation sites is 1. The summed E-state index contributed by atoms with van der Waals surface area (Å²) in [5, 5.41) is 4.28. The van der Waals surface area contributed by atoms with Crippen LogP contribution in [0.1, 0.15) is 13.3 Å². The summed E-state index contributed by atoms with van der Waals surface area (Å²) in [6.45, 7) is 3.23. The molecular weight excluding hydrogens is 196 g/mol. The van der Waals surface area contributed by atoms with Crippen LogP contribution >= 0.6 is 11.6 Å². The summed E-state index contributed by atoms with van der Waals surface area (Å²) < 4.78 is 0. The molecule has 3 heteroatoms. The first-order chi connectivity index (χ1) is 6.72. The SMILES string of the molecule is CCC1CN(C)c2cccc(Cl)c2N1. The minimum absolute atomic E-state index is 0.507. The van der Waals surface area contributed by atoms with Crippen molar-refractivity contribution < 1.29 is 0 Å².